The van der Waals surface area contributed by atoms with Crippen molar-refractivity contribution in [2.75, 3.05) is 0 Å². The minimum absolute atomic E-state index is 0.210. The van der Waals surface area contributed by atoms with Gasteiger partial charge in [0.1, 0.15) is 5.60 Å². The molecule has 3 heteroatoms. The molecule has 84 valence electrons. The highest BCUT2D eigenvalue weighted by Crippen LogP contribution is 2.54. The zero-order chi connectivity index (χ0) is 11.3. The van der Waals surface area contributed by atoms with Gasteiger partial charge in [0.05, 0.1) is 9.90 Å². The normalized spacial score (nSPS) is 34.6. The highest BCUT2D eigenvalue weighted by molar-refractivity contribution is 7.10. The molecule has 0 aliphatic heterocycles. The van der Waals surface area contributed by atoms with Crippen LogP contribution < -0.4 is 0 Å². The van der Waals surface area contributed by atoms with E-state index in [2.05, 4.69) is 20.8 Å². The predicted molar refractivity (Wildman–Crippen MR) is 65.4 cm³/mol. The summed E-state index contributed by atoms with van der Waals surface area (Å²) in [6.07, 6.45) is 1.86. The van der Waals surface area contributed by atoms with Gasteiger partial charge in [-0.05, 0) is 35.6 Å². The summed E-state index contributed by atoms with van der Waals surface area (Å²) in [5.41, 5.74) is -0.504. The highest BCUT2D eigenvalue weighted by atomic mass is 35.5. The first-order valence-corrected chi connectivity index (χ1v) is 6.57. The van der Waals surface area contributed by atoms with Crippen molar-refractivity contribution < 1.29 is 5.11 Å². The summed E-state index contributed by atoms with van der Waals surface area (Å²) < 4.78 is 0. The Morgan fingerprint density at radius 2 is 2.20 bits per heavy atom. The standard InChI is InChI=1S/C12H17ClOS/c1-8-6-11(2,3)7-12(8,14)10-9(13)4-5-15-10/h4-5,8,14H,6-7H2,1-3H3. The van der Waals surface area contributed by atoms with Gasteiger partial charge in [-0.3, -0.25) is 0 Å². The molecule has 1 heterocycles. The maximum absolute atomic E-state index is 10.8. The summed E-state index contributed by atoms with van der Waals surface area (Å²) in [5, 5.41) is 13.4. The van der Waals surface area contributed by atoms with Gasteiger partial charge in [0.2, 0.25) is 0 Å². The molecule has 2 rings (SSSR count). The van der Waals surface area contributed by atoms with Crippen LogP contribution in [0.3, 0.4) is 0 Å². The second kappa shape index (κ2) is 3.47. The Bertz CT molecular complexity index is 371. The molecule has 0 aromatic carbocycles. The van der Waals surface area contributed by atoms with Gasteiger partial charge >= 0.3 is 0 Å². The Kier molecular flexibility index (Phi) is 2.65. The first kappa shape index (κ1) is 11.4. The van der Waals surface area contributed by atoms with Gasteiger partial charge in [-0.25, -0.2) is 0 Å². The first-order valence-electron chi connectivity index (χ1n) is 5.31. The fraction of sp³-hybridized carbons (Fsp3) is 0.667. The number of hydrogen-bond donors (Lipinski definition) is 1. The van der Waals surface area contributed by atoms with Gasteiger partial charge in [0.15, 0.2) is 0 Å². The lowest BCUT2D eigenvalue weighted by Gasteiger charge is -2.27. The minimum Gasteiger partial charge on any atom is -0.384 e. The van der Waals surface area contributed by atoms with Crippen molar-refractivity contribution in [3.63, 3.8) is 0 Å². The van der Waals surface area contributed by atoms with E-state index < -0.39 is 5.60 Å². The molecular formula is C12H17ClOS. The first-order chi connectivity index (χ1) is 6.85. The maximum Gasteiger partial charge on any atom is 0.103 e. The van der Waals surface area contributed by atoms with Crippen molar-refractivity contribution in [3.05, 3.63) is 21.3 Å². The van der Waals surface area contributed by atoms with E-state index in [-0.39, 0.29) is 11.3 Å². The molecule has 2 atom stereocenters. The summed E-state index contributed by atoms with van der Waals surface area (Å²) >= 11 is 7.69. The summed E-state index contributed by atoms with van der Waals surface area (Å²) in [7, 11) is 0. The summed E-state index contributed by atoms with van der Waals surface area (Å²) in [4.78, 5) is 0.947. The Morgan fingerprint density at radius 3 is 2.60 bits per heavy atom. The third-order valence-corrected chi connectivity index (χ3v) is 4.94. The van der Waals surface area contributed by atoms with Crippen LogP contribution in [0, 0.1) is 11.3 Å². The molecule has 2 unspecified atom stereocenters. The van der Waals surface area contributed by atoms with Crippen LogP contribution in [0.4, 0.5) is 0 Å². The third kappa shape index (κ3) is 1.83. The topological polar surface area (TPSA) is 20.2 Å². The van der Waals surface area contributed by atoms with Crippen molar-refractivity contribution in [3.8, 4) is 0 Å². The number of thiophene rings is 1. The van der Waals surface area contributed by atoms with Crippen LogP contribution in [0.15, 0.2) is 11.4 Å². The Labute approximate surface area is 100 Å². The largest absolute Gasteiger partial charge is 0.384 e. The second-order valence-electron chi connectivity index (χ2n) is 5.47. The van der Waals surface area contributed by atoms with Gasteiger partial charge in [-0.2, -0.15) is 0 Å². The Hall–Kier alpha value is -0.0500. The summed E-state index contributed by atoms with van der Waals surface area (Å²) in [5.74, 6) is 0.281. The van der Waals surface area contributed by atoms with E-state index in [4.69, 9.17) is 11.6 Å². The SMILES string of the molecule is CC1CC(C)(C)CC1(O)c1sccc1Cl. The molecule has 0 spiro atoms. The molecule has 1 aromatic heterocycles. The number of aliphatic hydroxyl groups is 1. The second-order valence-corrected chi connectivity index (χ2v) is 6.79. The van der Waals surface area contributed by atoms with E-state index in [1.165, 1.54) is 0 Å². The highest BCUT2D eigenvalue weighted by Gasteiger charge is 2.49. The van der Waals surface area contributed by atoms with Crippen LogP contribution in [0.2, 0.25) is 5.02 Å². The fourth-order valence-corrected chi connectivity index (χ4v) is 4.31. The van der Waals surface area contributed by atoms with Crippen molar-refractivity contribution in [1.29, 1.82) is 0 Å². The molecule has 0 saturated heterocycles. The molecule has 0 radical (unpaired) electrons. The molecule has 1 saturated carbocycles. The lowest BCUT2D eigenvalue weighted by atomic mass is 9.88. The lowest BCUT2D eigenvalue weighted by Crippen LogP contribution is -2.28. The van der Waals surface area contributed by atoms with Crippen LogP contribution in [0.5, 0.6) is 0 Å². The molecule has 0 bridgehead atoms. The zero-order valence-electron chi connectivity index (χ0n) is 9.38. The monoisotopic (exact) mass is 244 g/mol. The van der Waals surface area contributed by atoms with Crippen molar-refractivity contribution in [2.24, 2.45) is 11.3 Å². The quantitative estimate of drug-likeness (QED) is 0.791. The van der Waals surface area contributed by atoms with Crippen LogP contribution >= 0.6 is 22.9 Å². The molecular weight excluding hydrogens is 228 g/mol. The fourth-order valence-electron chi connectivity index (χ4n) is 2.88. The number of rotatable bonds is 1. The van der Waals surface area contributed by atoms with Gasteiger partial charge in [0, 0.05) is 0 Å². The molecule has 15 heavy (non-hydrogen) atoms. The number of hydrogen-bond acceptors (Lipinski definition) is 2. The maximum atomic E-state index is 10.8. The molecule has 0 amide bonds. The van der Waals surface area contributed by atoms with E-state index in [9.17, 15) is 5.11 Å². The van der Waals surface area contributed by atoms with E-state index >= 15 is 0 Å². The molecule has 1 aliphatic carbocycles. The van der Waals surface area contributed by atoms with Crippen LogP contribution in [0.1, 0.15) is 38.5 Å². The summed E-state index contributed by atoms with van der Waals surface area (Å²) in [6.45, 7) is 6.54. The minimum atomic E-state index is -0.714. The van der Waals surface area contributed by atoms with Crippen LogP contribution in [-0.2, 0) is 5.60 Å². The van der Waals surface area contributed by atoms with Gasteiger partial charge < -0.3 is 5.11 Å². The average molecular weight is 245 g/mol. The lowest BCUT2D eigenvalue weighted by molar-refractivity contribution is 0.00283. The zero-order valence-corrected chi connectivity index (χ0v) is 11.0. The van der Waals surface area contributed by atoms with Crippen molar-refractivity contribution in [1.82, 2.24) is 0 Å². The van der Waals surface area contributed by atoms with E-state index in [0.29, 0.717) is 5.02 Å². The Morgan fingerprint density at radius 1 is 1.53 bits per heavy atom. The average Bonchev–Trinajstić information content (AvgIpc) is 2.56. The van der Waals surface area contributed by atoms with E-state index in [1.54, 1.807) is 11.3 Å². The Balaban J connectivity index is 2.40. The molecule has 1 aromatic rings. The predicted octanol–water partition coefficient (Wildman–Crippen LogP) is 4.05. The van der Waals surface area contributed by atoms with Crippen LogP contribution in [-0.4, -0.2) is 5.11 Å². The summed E-state index contributed by atoms with van der Waals surface area (Å²) in [6, 6.07) is 1.87. The molecule has 1 fully saturated rings. The van der Waals surface area contributed by atoms with Gasteiger partial charge in [0.25, 0.3) is 0 Å². The van der Waals surface area contributed by atoms with E-state index in [1.807, 2.05) is 11.4 Å². The molecule has 1 nitrogen and oxygen atoms in total. The molecule has 1 N–H and O–H groups in total. The number of halogens is 1. The van der Waals surface area contributed by atoms with Crippen molar-refractivity contribution in [2.45, 2.75) is 39.2 Å². The van der Waals surface area contributed by atoms with E-state index in [0.717, 1.165) is 17.7 Å². The van der Waals surface area contributed by atoms with Gasteiger partial charge in [-0.15, -0.1) is 11.3 Å². The smallest absolute Gasteiger partial charge is 0.103 e. The van der Waals surface area contributed by atoms with Gasteiger partial charge in [-0.1, -0.05) is 32.4 Å². The third-order valence-electron chi connectivity index (χ3n) is 3.43. The van der Waals surface area contributed by atoms with Crippen LogP contribution in [0.25, 0.3) is 0 Å². The van der Waals surface area contributed by atoms with Crippen molar-refractivity contribution >= 4 is 22.9 Å². The molecule has 1 aliphatic rings.